The molecule has 0 aliphatic carbocycles. The van der Waals surface area contributed by atoms with Crippen LogP contribution in [0.25, 0.3) is 6.08 Å². The number of hydrogen-bond acceptors (Lipinski definition) is 6. The van der Waals surface area contributed by atoms with E-state index in [9.17, 15) is 9.59 Å². The molecule has 2 aromatic carbocycles. The molecule has 1 heterocycles. The summed E-state index contributed by atoms with van der Waals surface area (Å²) >= 11 is 8.91. The quantitative estimate of drug-likeness (QED) is 0.316. The van der Waals surface area contributed by atoms with Crippen LogP contribution in [0.3, 0.4) is 0 Å². The van der Waals surface area contributed by atoms with Gasteiger partial charge in [-0.25, -0.2) is 0 Å². The number of rotatable bonds is 8. The molecule has 0 N–H and O–H groups in total. The fourth-order valence-corrected chi connectivity index (χ4v) is 4.51. The second-order valence-corrected chi connectivity index (χ2v) is 8.69. The Labute approximate surface area is 197 Å². The molecule has 6 nitrogen and oxygen atoms in total. The minimum Gasteiger partial charge on any atom is -0.493 e. The zero-order chi connectivity index (χ0) is 21.7. The van der Waals surface area contributed by atoms with Gasteiger partial charge in [0.2, 0.25) is 0 Å². The van der Waals surface area contributed by atoms with Gasteiger partial charge < -0.3 is 14.2 Å². The number of carbonyl (C=O) groups is 2. The zero-order valence-corrected chi connectivity index (χ0v) is 20.0. The van der Waals surface area contributed by atoms with Crippen molar-refractivity contribution in [2.75, 3.05) is 26.9 Å². The lowest BCUT2D eigenvalue weighted by atomic mass is 10.2. The maximum absolute atomic E-state index is 12.7. The van der Waals surface area contributed by atoms with Crippen LogP contribution in [-0.4, -0.2) is 42.9 Å². The summed E-state index contributed by atoms with van der Waals surface area (Å²) < 4.78 is 17.5. The lowest BCUT2D eigenvalue weighted by Crippen LogP contribution is -2.32. The predicted octanol–water partition coefficient (Wildman–Crippen LogP) is 5.47. The number of methoxy groups -OCH3 is 1. The molecular weight excluding hydrogens is 541 g/mol. The molecule has 0 spiro atoms. The number of ether oxygens (including phenoxy) is 3. The fourth-order valence-electron chi connectivity index (χ4n) is 2.74. The molecule has 0 bridgehead atoms. The highest BCUT2D eigenvalue weighted by atomic mass is 127. The van der Waals surface area contributed by atoms with E-state index in [1.165, 1.54) is 4.90 Å². The van der Waals surface area contributed by atoms with Crippen molar-refractivity contribution < 1.29 is 23.8 Å². The van der Waals surface area contributed by atoms with E-state index in [1.807, 2.05) is 13.0 Å². The third-order valence-corrected chi connectivity index (χ3v) is 6.07. The van der Waals surface area contributed by atoms with Crippen molar-refractivity contribution in [1.82, 2.24) is 4.90 Å². The van der Waals surface area contributed by atoms with Crippen LogP contribution in [0.4, 0.5) is 4.79 Å². The number of hydrogen-bond donors (Lipinski definition) is 0. The van der Waals surface area contributed by atoms with Crippen LogP contribution >= 0.6 is 46.0 Å². The van der Waals surface area contributed by atoms with Gasteiger partial charge in [-0.3, -0.25) is 14.5 Å². The number of imide groups is 1. The Hall–Kier alpha value is -1.91. The molecule has 2 amide bonds. The number of halogens is 2. The standard InChI is InChI=1S/C21H19ClINO5S/c1-3-28-19-16(23)10-13(11-17(19)27-2)12-18-20(25)24(21(26)30-18)8-9-29-15-6-4-14(22)5-7-15/h4-7,10-12H,3,8-9H2,1-2H3/b18-12-. The van der Waals surface area contributed by atoms with Crippen molar-refractivity contribution in [3.63, 3.8) is 0 Å². The van der Waals surface area contributed by atoms with Gasteiger partial charge in [0.15, 0.2) is 11.5 Å². The normalized spacial score (nSPS) is 15.1. The van der Waals surface area contributed by atoms with Crippen LogP contribution in [0, 0.1) is 3.57 Å². The molecule has 0 saturated carbocycles. The second kappa shape index (κ2) is 10.4. The summed E-state index contributed by atoms with van der Waals surface area (Å²) in [5.41, 5.74) is 0.752. The van der Waals surface area contributed by atoms with Gasteiger partial charge in [-0.1, -0.05) is 11.6 Å². The Kier molecular flexibility index (Phi) is 7.90. The Morgan fingerprint density at radius 2 is 1.90 bits per heavy atom. The van der Waals surface area contributed by atoms with Crippen molar-refractivity contribution >= 4 is 63.2 Å². The van der Waals surface area contributed by atoms with Gasteiger partial charge in [-0.05, 0) is 89.3 Å². The van der Waals surface area contributed by atoms with Crippen LogP contribution in [0.15, 0.2) is 41.3 Å². The van der Waals surface area contributed by atoms with E-state index in [0.29, 0.717) is 33.8 Å². The van der Waals surface area contributed by atoms with Gasteiger partial charge in [0.05, 0.1) is 28.7 Å². The molecule has 9 heteroatoms. The minimum atomic E-state index is -0.340. The zero-order valence-electron chi connectivity index (χ0n) is 16.3. The van der Waals surface area contributed by atoms with E-state index in [-0.39, 0.29) is 24.3 Å². The topological polar surface area (TPSA) is 65.1 Å². The second-order valence-electron chi connectivity index (χ2n) is 6.10. The lowest BCUT2D eigenvalue weighted by molar-refractivity contribution is -0.123. The summed E-state index contributed by atoms with van der Waals surface area (Å²) in [7, 11) is 1.56. The molecule has 158 valence electrons. The van der Waals surface area contributed by atoms with Gasteiger partial charge in [-0.2, -0.15) is 0 Å². The van der Waals surface area contributed by atoms with E-state index in [1.54, 1.807) is 43.5 Å². The first-order valence-corrected chi connectivity index (χ1v) is 11.3. The molecule has 30 heavy (non-hydrogen) atoms. The summed E-state index contributed by atoms with van der Waals surface area (Å²) in [6.07, 6.45) is 1.69. The van der Waals surface area contributed by atoms with E-state index >= 15 is 0 Å². The van der Waals surface area contributed by atoms with Gasteiger partial charge in [-0.15, -0.1) is 0 Å². The van der Waals surface area contributed by atoms with Crippen molar-refractivity contribution in [2.45, 2.75) is 6.92 Å². The average Bonchev–Trinajstić information content (AvgIpc) is 2.98. The molecule has 0 radical (unpaired) electrons. The maximum Gasteiger partial charge on any atom is 0.293 e. The van der Waals surface area contributed by atoms with Crippen LogP contribution in [0.5, 0.6) is 17.2 Å². The SMILES string of the molecule is CCOc1c(I)cc(/C=C2\SC(=O)N(CCOc3ccc(Cl)cc3)C2=O)cc1OC. The van der Waals surface area contributed by atoms with Gasteiger partial charge in [0.1, 0.15) is 12.4 Å². The molecule has 1 aliphatic heterocycles. The summed E-state index contributed by atoms with van der Waals surface area (Å²) in [4.78, 5) is 26.5. The van der Waals surface area contributed by atoms with Crippen LogP contribution in [0.1, 0.15) is 12.5 Å². The number of amides is 2. The summed E-state index contributed by atoms with van der Waals surface area (Å²) in [5, 5.41) is 0.289. The largest absolute Gasteiger partial charge is 0.493 e. The van der Waals surface area contributed by atoms with Crippen LogP contribution in [0.2, 0.25) is 5.02 Å². The summed E-state index contributed by atoms with van der Waals surface area (Å²) in [5.74, 6) is 1.52. The molecule has 1 fully saturated rings. The molecule has 0 aromatic heterocycles. The number of thioether (sulfide) groups is 1. The van der Waals surface area contributed by atoms with Crippen molar-refractivity contribution in [3.05, 3.63) is 55.5 Å². The van der Waals surface area contributed by atoms with Gasteiger partial charge >= 0.3 is 0 Å². The molecule has 0 atom stereocenters. The van der Waals surface area contributed by atoms with Crippen molar-refractivity contribution in [1.29, 1.82) is 0 Å². The third-order valence-electron chi connectivity index (χ3n) is 4.11. The Balaban J connectivity index is 1.70. The highest BCUT2D eigenvalue weighted by Gasteiger charge is 2.34. The Bertz CT molecular complexity index is 980. The fraction of sp³-hybridized carbons (Fsp3) is 0.238. The summed E-state index contributed by atoms with van der Waals surface area (Å²) in [6, 6.07) is 10.6. The van der Waals surface area contributed by atoms with Crippen LogP contribution in [-0.2, 0) is 4.79 Å². The molecule has 0 unspecified atom stereocenters. The smallest absolute Gasteiger partial charge is 0.293 e. The first kappa shape index (κ1) is 22.8. The van der Waals surface area contributed by atoms with E-state index in [4.69, 9.17) is 25.8 Å². The molecule has 3 rings (SSSR count). The lowest BCUT2D eigenvalue weighted by Gasteiger charge is -2.13. The van der Waals surface area contributed by atoms with Crippen molar-refractivity contribution in [2.24, 2.45) is 0 Å². The number of benzene rings is 2. The van der Waals surface area contributed by atoms with Gasteiger partial charge in [0.25, 0.3) is 11.1 Å². The first-order valence-electron chi connectivity index (χ1n) is 9.07. The summed E-state index contributed by atoms with van der Waals surface area (Å²) in [6.45, 7) is 2.77. The molecule has 1 aliphatic rings. The highest BCUT2D eigenvalue weighted by Crippen LogP contribution is 2.37. The Morgan fingerprint density at radius 1 is 1.17 bits per heavy atom. The minimum absolute atomic E-state index is 0.161. The van der Waals surface area contributed by atoms with E-state index in [0.717, 1.165) is 20.9 Å². The van der Waals surface area contributed by atoms with E-state index in [2.05, 4.69) is 22.6 Å². The molecule has 1 saturated heterocycles. The number of nitrogens with zero attached hydrogens (tertiary/aromatic N) is 1. The van der Waals surface area contributed by atoms with Crippen molar-refractivity contribution in [3.8, 4) is 17.2 Å². The molecular formula is C21H19ClINO5S. The predicted molar refractivity (Wildman–Crippen MR) is 127 cm³/mol. The van der Waals surface area contributed by atoms with Crippen LogP contribution < -0.4 is 14.2 Å². The third kappa shape index (κ3) is 5.41. The first-order chi connectivity index (χ1) is 14.4. The number of carbonyl (C=O) groups excluding carboxylic acids is 2. The van der Waals surface area contributed by atoms with E-state index < -0.39 is 0 Å². The average molecular weight is 560 g/mol. The highest BCUT2D eigenvalue weighted by molar-refractivity contribution is 14.1. The molecule has 2 aromatic rings. The maximum atomic E-state index is 12.7. The monoisotopic (exact) mass is 559 g/mol. The Morgan fingerprint density at radius 3 is 2.57 bits per heavy atom. The van der Waals surface area contributed by atoms with Gasteiger partial charge in [0, 0.05) is 5.02 Å².